The molecule has 114 valence electrons. The van der Waals surface area contributed by atoms with E-state index in [1.165, 1.54) is 0 Å². The molecule has 5 heteroatoms. The Labute approximate surface area is 135 Å². The van der Waals surface area contributed by atoms with Gasteiger partial charge in [0, 0.05) is 50.2 Å². The third-order valence-corrected chi connectivity index (χ3v) is 4.08. The summed E-state index contributed by atoms with van der Waals surface area (Å²) in [5.74, 6) is 5.43. The number of amides is 1. The molecule has 0 aliphatic rings. The first kappa shape index (κ1) is 16.1. The number of hydrogen-bond donors (Lipinski definition) is 0. The zero-order valence-electron chi connectivity index (χ0n) is 13.0. The largest absolute Gasteiger partial charge is 0.349 e. The van der Waals surface area contributed by atoms with Crippen molar-refractivity contribution >= 4 is 22.4 Å². The number of aromatic nitrogens is 1. The van der Waals surface area contributed by atoms with Crippen LogP contribution in [0.1, 0.15) is 11.1 Å². The number of carbonyl (C=O) groups excluding carboxylic acids is 1. The number of nitrogens with zero attached hydrogens (tertiary/aromatic N) is 3. The van der Waals surface area contributed by atoms with Crippen LogP contribution in [0.25, 0.3) is 0 Å². The second kappa shape index (κ2) is 7.62. The molecule has 0 fully saturated rings. The molecule has 1 amide bonds. The minimum atomic E-state index is -0.172. The lowest BCUT2D eigenvalue weighted by atomic mass is 10.1. The van der Waals surface area contributed by atoms with E-state index in [0.717, 1.165) is 22.8 Å². The second-order valence-corrected chi connectivity index (χ2v) is 5.96. The highest BCUT2D eigenvalue weighted by atomic mass is 32.1. The average molecular weight is 313 g/mol. The number of benzene rings is 1. The Bertz CT molecular complexity index is 685. The zero-order chi connectivity index (χ0) is 15.9. The van der Waals surface area contributed by atoms with Crippen molar-refractivity contribution in [3.63, 3.8) is 0 Å². The Kier molecular flexibility index (Phi) is 5.56. The van der Waals surface area contributed by atoms with E-state index in [1.807, 2.05) is 48.5 Å². The van der Waals surface area contributed by atoms with Crippen LogP contribution in [0.5, 0.6) is 0 Å². The van der Waals surface area contributed by atoms with Gasteiger partial charge < -0.3 is 9.80 Å². The fourth-order valence-corrected chi connectivity index (χ4v) is 2.48. The molecule has 1 aromatic carbocycles. The molecule has 0 aliphatic carbocycles. The van der Waals surface area contributed by atoms with E-state index in [4.69, 9.17) is 0 Å². The van der Waals surface area contributed by atoms with Crippen molar-refractivity contribution in [2.75, 3.05) is 32.1 Å². The molecule has 0 unspecified atom stereocenters. The molecule has 0 saturated carbocycles. The summed E-state index contributed by atoms with van der Waals surface area (Å²) in [6, 6.07) is 7.82. The minimum absolute atomic E-state index is 0.172. The molecule has 22 heavy (non-hydrogen) atoms. The van der Waals surface area contributed by atoms with E-state index in [9.17, 15) is 4.79 Å². The molecule has 0 atom stereocenters. The van der Waals surface area contributed by atoms with Gasteiger partial charge in [-0.05, 0) is 24.6 Å². The van der Waals surface area contributed by atoms with Gasteiger partial charge in [-0.3, -0.25) is 4.79 Å². The standard InChI is InChI=1S/C17H19N3OS/c1-14-5-4-6-15(13-14)7-8-16(21)19(2)10-11-20(3)17-18-9-12-22-17/h4-6,9,12-13H,10-11H2,1-3H3. The van der Waals surface area contributed by atoms with Crippen LogP contribution in [0.2, 0.25) is 0 Å². The predicted octanol–water partition coefficient (Wildman–Crippen LogP) is 2.40. The zero-order valence-corrected chi connectivity index (χ0v) is 13.9. The van der Waals surface area contributed by atoms with Gasteiger partial charge in [-0.25, -0.2) is 4.98 Å². The quantitative estimate of drug-likeness (QED) is 0.813. The summed E-state index contributed by atoms with van der Waals surface area (Å²) in [6.45, 7) is 3.34. The molecule has 0 N–H and O–H groups in total. The van der Waals surface area contributed by atoms with Gasteiger partial charge in [0.05, 0.1) is 0 Å². The number of rotatable bonds is 4. The highest BCUT2D eigenvalue weighted by Gasteiger charge is 2.08. The van der Waals surface area contributed by atoms with Crippen molar-refractivity contribution < 1.29 is 4.79 Å². The van der Waals surface area contributed by atoms with E-state index in [2.05, 4.69) is 16.8 Å². The molecule has 0 radical (unpaired) electrons. The molecule has 1 heterocycles. The summed E-state index contributed by atoms with van der Waals surface area (Å²) >= 11 is 1.58. The normalized spacial score (nSPS) is 9.77. The summed E-state index contributed by atoms with van der Waals surface area (Å²) in [5, 5.41) is 2.89. The summed E-state index contributed by atoms with van der Waals surface area (Å²) < 4.78 is 0. The molecular formula is C17H19N3OS. The van der Waals surface area contributed by atoms with Gasteiger partial charge in [-0.1, -0.05) is 18.1 Å². The van der Waals surface area contributed by atoms with Crippen molar-refractivity contribution in [1.82, 2.24) is 9.88 Å². The monoisotopic (exact) mass is 313 g/mol. The van der Waals surface area contributed by atoms with Crippen molar-refractivity contribution in [2.24, 2.45) is 0 Å². The lowest BCUT2D eigenvalue weighted by Gasteiger charge is -2.20. The maximum Gasteiger partial charge on any atom is 0.298 e. The van der Waals surface area contributed by atoms with Crippen LogP contribution in [0.15, 0.2) is 35.8 Å². The van der Waals surface area contributed by atoms with Crippen LogP contribution in [0.4, 0.5) is 5.13 Å². The highest BCUT2D eigenvalue weighted by Crippen LogP contribution is 2.14. The molecule has 0 spiro atoms. The van der Waals surface area contributed by atoms with Gasteiger partial charge >= 0.3 is 0 Å². The van der Waals surface area contributed by atoms with Crippen molar-refractivity contribution in [3.8, 4) is 11.8 Å². The fraction of sp³-hybridized carbons (Fsp3) is 0.294. The Hall–Kier alpha value is -2.32. The topological polar surface area (TPSA) is 36.4 Å². The van der Waals surface area contributed by atoms with Crippen LogP contribution in [0, 0.1) is 18.8 Å². The van der Waals surface area contributed by atoms with Crippen LogP contribution in [-0.2, 0) is 4.79 Å². The fourth-order valence-electron chi connectivity index (χ4n) is 1.85. The number of thiazole rings is 1. The number of anilines is 1. The molecule has 2 rings (SSSR count). The van der Waals surface area contributed by atoms with E-state index in [-0.39, 0.29) is 5.91 Å². The van der Waals surface area contributed by atoms with Crippen LogP contribution < -0.4 is 4.90 Å². The van der Waals surface area contributed by atoms with Gasteiger partial charge in [-0.2, -0.15) is 0 Å². The Balaban J connectivity index is 1.87. The van der Waals surface area contributed by atoms with Crippen molar-refractivity contribution in [1.29, 1.82) is 0 Å². The highest BCUT2D eigenvalue weighted by molar-refractivity contribution is 7.13. The van der Waals surface area contributed by atoms with E-state index < -0.39 is 0 Å². The number of carbonyl (C=O) groups is 1. The van der Waals surface area contributed by atoms with Gasteiger partial charge in [-0.15, -0.1) is 11.3 Å². The number of hydrogen-bond acceptors (Lipinski definition) is 4. The summed E-state index contributed by atoms with van der Waals surface area (Å²) in [4.78, 5) is 19.9. The molecule has 0 saturated heterocycles. The summed E-state index contributed by atoms with van der Waals surface area (Å²) in [5.41, 5.74) is 2.00. The maximum absolute atomic E-state index is 12.0. The van der Waals surface area contributed by atoms with E-state index in [0.29, 0.717) is 6.54 Å². The molecule has 4 nitrogen and oxygen atoms in total. The molecule has 1 aromatic heterocycles. The Morgan fingerprint density at radius 3 is 2.82 bits per heavy atom. The second-order valence-electron chi connectivity index (χ2n) is 5.08. The van der Waals surface area contributed by atoms with Gasteiger partial charge in [0.2, 0.25) is 0 Å². The van der Waals surface area contributed by atoms with Crippen molar-refractivity contribution in [3.05, 3.63) is 47.0 Å². The molecular weight excluding hydrogens is 294 g/mol. The van der Waals surface area contributed by atoms with Crippen LogP contribution >= 0.6 is 11.3 Å². The Morgan fingerprint density at radius 1 is 1.32 bits per heavy atom. The van der Waals surface area contributed by atoms with Crippen LogP contribution in [0.3, 0.4) is 0 Å². The minimum Gasteiger partial charge on any atom is -0.349 e. The van der Waals surface area contributed by atoms with Gasteiger partial charge in [0.15, 0.2) is 5.13 Å². The maximum atomic E-state index is 12.0. The summed E-state index contributed by atoms with van der Waals surface area (Å²) in [7, 11) is 3.73. The summed E-state index contributed by atoms with van der Waals surface area (Å²) in [6.07, 6.45) is 1.78. The third kappa shape index (κ3) is 4.61. The molecule has 0 bridgehead atoms. The van der Waals surface area contributed by atoms with Crippen LogP contribution in [-0.4, -0.2) is 43.0 Å². The van der Waals surface area contributed by atoms with Gasteiger partial charge in [0.25, 0.3) is 5.91 Å². The average Bonchev–Trinajstić information content (AvgIpc) is 3.04. The number of aryl methyl sites for hydroxylation is 1. The molecule has 0 aliphatic heterocycles. The number of likely N-dealkylation sites (N-methyl/N-ethyl adjacent to an activating group) is 2. The first-order chi connectivity index (χ1) is 10.6. The van der Waals surface area contributed by atoms with Crippen molar-refractivity contribution in [2.45, 2.75) is 6.92 Å². The lowest BCUT2D eigenvalue weighted by Crippen LogP contribution is -2.34. The SMILES string of the molecule is Cc1cccc(C#CC(=O)N(C)CCN(C)c2nccs2)c1. The van der Waals surface area contributed by atoms with E-state index in [1.54, 1.807) is 29.5 Å². The lowest BCUT2D eigenvalue weighted by molar-refractivity contribution is -0.123. The smallest absolute Gasteiger partial charge is 0.298 e. The van der Waals surface area contributed by atoms with E-state index >= 15 is 0 Å². The predicted molar refractivity (Wildman–Crippen MR) is 91.1 cm³/mol. The first-order valence-electron chi connectivity index (χ1n) is 7.00. The molecule has 2 aromatic rings. The Morgan fingerprint density at radius 2 is 2.14 bits per heavy atom. The van der Waals surface area contributed by atoms with Gasteiger partial charge in [0.1, 0.15) is 0 Å². The third-order valence-electron chi connectivity index (χ3n) is 3.20. The first-order valence-corrected chi connectivity index (χ1v) is 7.88.